The third-order valence-corrected chi connectivity index (χ3v) is 2.59. The molecule has 0 fully saturated rings. The zero-order chi connectivity index (χ0) is 14.4. The quantitative estimate of drug-likeness (QED) is 0.665. The molecule has 0 heterocycles. The molecule has 2 aromatic carbocycles. The number of benzene rings is 2. The molecule has 0 bridgehead atoms. The molecule has 0 saturated carbocycles. The summed E-state index contributed by atoms with van der Waals surface area (Å²) in [5.41, 5.74) is 0.831. The van der Waals surface area contributed by atoms with Gasteiger partial charge in [-0.25, -0.2) is 4.79 Å². The van der Waals surface area contributed by atoms with E-state index in [2.05, 4.69) is 9.31 Å². The maximum atomic E-state index is 11.4. The predicted octanol–water partition coefficient (Wildman–Crippen LogP) is -1.38. The monoisotopic (exact) mass is 350 g/mol. The van der Waals surface area contributed by atoms with Crippen LogP contribution < -0.4 is 10.9 Å². The molecule has 0 aliphatic rings. The summed E-state index contributed by atoms with van der Waals surface area (Å²) < 4.78 is 9.33. The van der Waals surface area contributed by atoms with Gasteiger partial charge < -0.3 is 19.4 Å². The molecule has 22 heavy (non-hydrogen) atoms. The van der Waals surface area contributed by atoms with Gasteiger partial charge in [0.1, 0.15) is 0 Å². The van der Waals surface area contributed by atoms with Crippen molar-refractivity contribution >= 4 is 134 Å². The van der Waals surface area contributed by atoms with Gasteiger partial charge in [0.25, 0.3) is 0 Å². The first kappa shape index (κ1) is 23.0. The van der Waals surface area contributed by atoms with Crippen molar-refractivity contribution in [1.82, 2.24) is 0 Å². The summed E-state index contributed by atoms with van der Waals surface area (Å²) in [7, 11) is -2.88. The summed E-state index contributed by atoms with van der Waals surface area (Å²) in [4.78, 5) is 11.4. The molecule has 0 saturated heterocycles. The number of carbonyl (C=O) groups excluding carboxylic acids is 1. The van der Waals surface area contributed by atoms with Crippen LogP contribution in [0.5, 0.6) is 0 Å². The molecule has 0 spiro atoms. The Balaban J connectivity index is 0.00000220. The van der Waals surface area contributed by atoms with Gasteiger partial charge in [-0.15, -0.1) is 0 Å². The normalized spacial score (nSPS) is 8.82. The van der Waals surface area contributed by atoms with E-state index >= 15 is 0 Å². The first-order chi connectivity index (χ1) is 9.66. The van der Waals surface area contributed by atoms with E-state index in [0.29, 0.717) is 10.9 Å². The Morgan fingerprint density at radius 2 is 1.05 bits per heavy atom. The molecule has 0 aliphatic carbocycles. The minimum absolute atomic E-state index is 0. The summed E-state index contributed by atoms with van der Waals surface area (Å²) in [5, 5.41) is 19.3. The van der Waals surface area contributed by atoms with E-state index in [4.69, 9.17) is 0 Å². The zero-order valence-electron chi connectivity index (χ0n) is 10.5. The third kappa shape index (κ3) is 7.74. The zero-order valence-corrected chi connectivity index (χ0v) is 10.5. The SMILES string of the molecule is O=C(OB(O)c1ccccc1)OB(O)c1ccccc1.[KH].[KH]. The molecule has 2 aromatic rings. The van der Waals surface area contributed by atoms with E-state index in [0.717, 1.165) is 0 Å². The topological polar surface area (TPSA) is 76.0 Å². The van der Waals surface area contributed by atoms with Crippen molar-refractivity contribution in [1.29, 1.82) is 0 Å². The molecular weight excluding hydrogens is 336 g/mol. The second kappa shape index (κ2) is 12.4. The molecule has 0 aliphatic heterocycles. The van der Waals surface area contributed by atoms with Gasteiger partial charge in [0.2, 0.25) is 0 Å². The van der Waals surface area contributed by atoms with E-state index in [1.165, 1.54) is 0 Å². The molecular formula is C13H14B2K2O5. The third-order valence-electron chi connectivity index (χ3n) is 2.59. The van der Waals surface area contributed by atoms with Crippen LogP contribution in [0.3, 0.4) is 0 Å². The van der Waals surface area contributed by atoms with Gasteiger partial charge >= 0.3 is 123 Å². The number of hydrogen-bond donors (Lipinski definition) is 2. The Hall–Kier alpha value is 1.03. The second-order valence-corrected chi connectivity index (χ2v) is 4.01. The number of hydrogen-bond acceptors (Lipinski definition) is 5. The summed E-state index contributed by atoms with van der Waals surface area (Å²) in [5.74, 6) is 0. The molecule has 2 N–H and O–H groups in total. The van der Waals surface area contributed by atoms with Crippen LogP contribution in [0.2, 0.25) is 0 Å². The van der Waals surface area contributed by atoms with Gasteiger partial charge in [0.15, 0.2) is 0 Å². The van der Waals surface area contributed by atoms with E-state index in [1.807, 2.05) is 0 Å². The van der Waals surface area contributed by atoms with Crippen LogP contribution in [0.4, 0.5) is 4.79 Å². The van der Waals surface area contributed by atoms with E-state index < -0.39 is 20.4 Å². The Morgan fingerprint density at radius 1 is 0.727 bits per heavy atom. The molecule has 0 amide bonds. The minimum atomic E-state index is -1.44. The Morgan fingerprint density at radius 3 is 1.36 bits per heavy atom. The molecule has 104 valence electrons. The average molecular weight is 350 g/mol. The number of rotatable bonds is 4. The molecule has 0 unspecified atom stereocenters. The molecule has 0 radical (unpaired) electrons. The van der Waals surface area contributed by atoms with Crippen LogP contribution in [-0.4, -0.2) is 133 Å². The van der Waals surface area contributed by atoms with Gasteiger partial charge in [-0.1, -0.05) is 60.7 Å². The van der Waals surface area contributed by atoms with Crippen molar-refractivity contribution in [3.63, 3.8) is 0 Å². The molecule has 0 aromatic heterocycles. The summed E-state index contributed by atoms with van der Waals surface area (Å²) >= 11 is 0. The van der Waals surface area contributed by atoms with Crippen molar-refractivity contribution < 1.29 is 24.2 Å². The van der Waals surface area contributed by atoms with Crippen LogP contribution in [-0.2, 0) is 9.31 Å². The standard InChI is InChI=1S/C13H12B2O5.2K.2H/c16-13(19-14(17)11-7-3-1-4-8-11)20-15(18)12-9-5-2-6-10-12;;;;/h1-10,17-18H;;;;. The van der Waals surface area contributed by atoms with E-state index in [-0.39, 0.29) is 103 Å². The molecule has 5 nitrogen and oxygen atoms in total. The van der Waals surface area contributed by atoms with Crippen LogP contribution in [0.1, 0.15) is 0 Å². The van der Waals surface area contributed by atoms with Crippen LogP contribution >= 0.6 is 0 Å². The van der Waals surface area contributed by atoms with Crippen LogP contribution in [0.25, 0.3) is 0 Å². The predicted molar refractivity (Wildman–Crippen MR) is 90.0 cm³/mol. The first-order valence-electron chi connectivity index (χ1n) is 6.00. The van der Waals surface area contributed by atoms with E-state index in [9.17, 15) is 14.8 Å². The molecule has 2 rings (SSSR count). The fourth-order valence-corrected chi connectivity index (χ4v) is 1.58. The molecule has 9 heteroatoms. The Labute approximate surface area is 214 Å². The van der Waals surface area contributed by atoms with Crippen molar-refractivity contribution in [3.8, 4) is 0 Å². The number of carbonyl (C=O) groups is 1. The van der Waals surface area contributed by atoms with Gasteiger partial charge in [-0.05, 0) is 10.9 Å². The summed E-state index contributed by atoms with van der Waals surface area (Å²) in [6.45, 7) is 0. The Bertz CT molecular complexity index is 509. The summed E-state index contributed by atoms with van der Waals surface area (Å²) in [6.07, 6.45) is -1.15. The average Bonchev–Trinajstić information content (AvgIpc) is 2.49. The van der Waals surface area contributed by atoms with Crippen LogP contribution in [0.15, 0.2) is 60.7 Å². The van der Waals surface area contributed by atoms with Gasteiger partial charge in [-0.3, -0.25) is 0 Å². The van der Waals surface area contributed by atoms with Crippen molar-refractivity contribution in [2.24, 2.45) is 0 Å². The Kier molecular flexibility index (Phi) is 13.0. The summed E-state index contributed by atoms with van der Waals surface area (Å²) in [6, 6.07) is 16.8. The van der Waals surface area contributed by atoms with Crippen LogP contribution in [0, 0.1) is 0 Å². The fraction of sp³-hybridized carbons (Fsp3) is 0. The second-order valence-electron chi connectivity index (χ2n) is 4.01. The van der Waals surface area contributed by atoms with Crippen molar-refractivity contribution in [2.75, 3.05) is 0 Å². The van der Waals surface area contributed by atoms with Crippen molar-refractivity contribution in [2.45, 2.75) is 0 Å². The van der Waals surface area contributed by atoms with Gasteiger partial charge in [-0.2, -0.15) is 0 Å². The van der Waals surface area contributed by atoms with Crippen molar-refractivity contribution in [3.05, 3.63) is 60.7 Å². The van der Waals surface area contributed by atoms with Gasteiger partial charge in [0.05, 0.1) is 0 Å². The first-order valence-corrected chi connectivity index (χ1v) is 6.00. The fourth-order valence-electron chi connectivity index (χ4n) is 1.58. The van der Waals surface area contributed by atoms with E-state index in [1.54, 1.807) is 60.7 Å². The molecule has 0 atom stereocenters. The maximum absolute atomic E-state index is 11.4. The van der Waals surface area contributed by atoms with Gasteiger partial charge in [0, 0.05) is 0 Å².